The van der Waals surface area contributed by atoms with Gasteiger partial charge in [0.25, 0.3) is 0 Å². The summed E-state index contributed by atoms with van der Waals surface area (Å²) in [6, 6.07) is 3.75. The van der Waals surface area contributed by atoms with Crippen molar-refractivity contribution in [3.63, 3.8) is 0 Å². The van der Waals surface area contributed by atoms with Crippen LogP contribution in [0.2, 0.25) is 0 Å². The number of hydrogen-bond donors (Lipinski definition) is 1. The predicted molar refractivity (Wildman–Crippen MR) is 69.8 cm³/mol. The molecule has 1 N–H and O–H groups in total. The van der Waals surface area contributed by atoms with Gasteiger partial charge in [-0.3, -0.25) is 0 Å². The van der Waals surface area contributed by atoms with Crippen molar-refractivity contribution in [2.24, 2.45) is 0 Å². The zero-order valence-electron chi connectivity index (χ0n) is 8.83. The minimum atomic E-state index is -3.58. The minimum absolute atomic E-state index is 0.0148. The molecule has 0 saturated carbocycles. The largest absolute Gasteiger partial charge is 0.240 e. The third kappa shape index (κ3) is 3.67. The van der Waals surface area contributed by atoms with Crippen molar-refractivity contribution in [2.75, 3.05) is 11.0 Å². The highest BCUT2D eigenvalue weighted by atomic mass is 127. The Labute approximate surface area is 109 Å². The maximum absolute atomic E-state index is 13.0. The van der Waals surface area contributed by atoms with Crippen LogP contribution in [0.25, 0.3) is 0 Å². The molecule has 0 heterocycles. The van der Waals surface area contributed by atoms with Crippen LogP contribution in [0.5, 0.6) is 0 Å². The van der Waals surface area contributed by atoms with Gasteiger partial charge in [0.2, 0.25) is 10.0 Å². The first-order valence-electron chi connectivity index (χ1n) is 4.79. The maximum Gasteiger partial charge on any atom is 0.240 e. The molecule has 0 saturated heterocycles. The van der Waals surface area contributed by atoms with E-state index >= 15 is 0 Å². The topological polar surface area (TPSA) is 46.2 Å². The lowest BCUT2D eigenvalue weighted by atomic mass is 10.2. The highest BCUT2D eigenvalue weighted by Crippen LogP contribution is 2.15. The van der Waals surface area contributed by atoms with Gasteiger partial charge in [-0.2, -0.15) is 0 Å². The molecule has 1 aromatic carbocycles. The van der Waals surface area contributed by atoms with Crippen LogP contribution in [0.4, 0.5) is 4.39 Å². The fraction of sp³-hybridized carbons (Fsp3) is 0.400. The molecule has 0 amide bonds. The summed E-state index contributed by atoms with van der Waals surface area (Å²) in [5.74, 6) is -0.542. The summed E-state index contributed by atoms with van der Waals surface area (Å²) < 4.78 is 39.9. The van der Waals surface area contributed by atoms with Crippen LogP contribution in [0.15, 0.2) is 23.1 Å². The molecule has 0 fully saturated rings. The van der Waals surface area contributed by atoms with Gasteiger partial charge in [0.15, 0.2) is 0 Å². The highest BCUT2D eigenvalue weighted by molar-refractivity contribution is 14.1. The van der Waals surface area contributed by atoms with Gasteiger partial charge in [-0.05, 0) is 31.0 Å². The lowest BCUT2D eigenvalue weighted by Crippen LogP contribution is -2.25. The van der Waals surface area contributed by atoms with Gasteiger partial charge in [0.05, 0.1) is 4.90 Å². The zero-order chi connectivity index (χ0) is 12.2. The Morgan fingerprint density at radius 1 is 1.44 bits per heavy atom. The van der Waals surface area contributed by atoms with Crippen LogP contribution in [0.3, 0.4) is 0 Å². The van der Waals surface area contributed by atoms with Crippen molar-refractivity contribution in [3.8, 4) is 0 Å². The zero-order valence-corrected chi connectivity index (χ0v) is 11.8. The quantitative estimate of drug-likeness (QED) is 0.499. The number of alkyl halides is 1. The second kappa shape index (κ2) is 5.92. The summed E-state index contributed by atoms with van der Waals surface area (Å²) in [7, 11) is -3.58. The average Bonchev–Trinajstić information content (AvgIpc) is 2.22. The molecule has 6 heteroatoms. The SMILES string of the molecule is Cc1ccc(F)cc1S(=O)(=O)NCCCI. The fourth-order valence-corrected chi connectivity index (χ4v) is 2.92. The molecule has 3 nitrogen and oxygen atoms in total. The molecule has 16 heavy (non-hydrogen) atoms. The smallest absolute Gasteiger partial charge is 0.211 e. The Morgan fingerprint density at radius 3 is 2.75 bits per heavy atom. The van der Waals surface area contributed by atoms with E-state index in [4.69, 9.17) is 0 Å². The van der Waals surface area contributed by atoms with Gasteiger partial charge in [0.1, 0.15) is 5.82 Å². The molecular weight excluding hydrogens is 344 g/mol. The van der Waals surface area contributed by atoms with E-state index in [0.29, 0.717) is 12.1 Å². The van der Waals surface area contributed by atoms with Gasteiger partial charge >= 0.3 is 0 Å². The van der Waals surface area contributed by atoms with Crippen LogP contribution < -0.4 is 4.72 Å². The first-order chi connectivity index (χ1) is 7.47. The average molecular weight is 357 g/mol. The Balaban J connectivity index is 2.93. The van der Waals surface area contributed by atoms with E-state index in [1.54, 1.807) is 6.92 Å². The fourth-order valence-electron chi connectivity index (χ4n) is 1.21. The van der Waals surface area contributed by atoms with Gasteiger partial charge in [-0.1, -0.05) is 28.7 Å². The first-order valence-corrected chi connectivity index (χ1v) is 7.80. The van der Waals surface area contributed by atoms with E-state index in [9.17, 15) is 12.8 Å². The number of hydrogen-bond acceptors (Lipinski definition) is 2. The second-order valence-electron chi connectivity index (χ2n) is 3.35. The lowest BCUT2D eigenvalue weighted by molar-refractivity contribution is 0.576. The minimum Gasteiger partial charge on any atom is -0.211 e. The summed E-state index contributed by atoms with van der Waals surface area (Å²) in [6.45, 7) is 2.02. The van der Waals surface area contributed by atoms with E-state index in [1.165, 1.54) is 12.1 Å². The van der Waals surface area contributed by atoms with Crippen LogP contribution in [0, 0.1) is 12.7 Å². The molecule has 0 aliphatic carbocycles. The van der Waals surface area contributed by atoms with E-state index in [-0.39, 0.29) is 4.90 Å². The van der Waals surface area contributed by atoms with E-state index < -0.39 is 15.8 Å². The normalized spacial score (nSPS) is 11.7. The lowest BCUT2D eigenvalue weighted by Gasteiger charge is -2.08. The number of halogens is 2. The molecule has 0 aromatic heterocycles. The van der Waals surface area contributed by atoms with Gasteiger partial charge in [-0.25, -0.2) is 17.5 Å². The summed E-state index contributed by atoms with van der Waals surface area (Å²) in [6.07, 6.45) is 0.758. The summed E-state index contributed by atoms with van der Waals surface area (Å²) in [5, 5.41) is 0. The van der Waals surface area contributed by atoms with Crippen LogP contribution in [-0.4, -0.2) is 19.4 Å². The Morgan fingerprint density at radius 2 is 2.12 bits per heavy atom. The van der Waals surface area contributed by atoms with Crippen molar-refractivity contribution in [1.82, 2.24) is 4.72 Å². The maximum atomic E-state index is 13.0. The van der Waals surface area contributed by atoms with E-state index in [2.05, 4.69) is 27.3 Å². The molecule has 1 aromatic rings. The van der Waals surface area contributed by atoms with Gasteiger partial charge < -0.3 is 0 Å². The third-order valence-electron chi connectivity index (χ3n) is 2.04. The van der Waals surface area contributed by atoms with Crippen LogP contribution in [-0.2, 0) is 10.0 Å². The first kappa shape index (κ1) is 13.9. The van der Waals surface area contributed by atoms with Crippen molar-refractivity contribution >= 4 is 32.6 Å². The number of benzene rings is 1. The number of sulfonamides is 1. The van der Waals surface area contributed by atoms with Crippen molar-refractivity contribution < 1.29 is 12.8 Å². The molecule has 0 spiro atoms. The Hall–Kier alpha value is -0.210. The van der Waals surface area contributed by atoms with Crippen LogP contribution >= 0.6 is 22.6 Å². The molecule has 0 aliphatic heterocycles. The molecule has 90 valence electrons. The highest BCUT2D eigenvalue weighted by Gasteiger charge is 2.16. The molecule has 0 aliphatic rings. The molecular formula is C10H13FINO2S. The number of rotatable bonds is 5. The predicted octanol–water partition coefficient (Wildman–Crippen LogP) is 2.24. The standard InChI is InChI=1S/C10H13FINO2S/c1-8-3-4-9(11)7-10(8)16(14,15)13-6-2-5-12/h3-4,7,13H,2,5-6H2,1H3. The Bertz CT molecular complexity index is 462. The molecule has 0 bridgehead atoms. The van der Waals surface area contributed by atoms with Crippen molar-refractivity contribution in [1.29, 1.82) is 0 Å². The number of aryl methyl sites for hydroxylation is 1. The summed E-state index contributed by atoms with van der Waals surface area (Å²) in [5.41, 5.74) is 0.545. The Kier molecular flexibility index (Phi) is 5.13. The monoisotopic (exact) mass is 357 g/mol. The summed E-state index contributed by atoms with van der Waals surface area (Å²) >= 11 is 2.17. The van der Waals surface area contributed by atoms with Crippen molar-refractivity contribution in [2.45, 2.75) is 18.2 Å². The van der Waals surface area contributed by atoms with E-state index in [1.807, 2.05) is 0 Å². The molecule has 0 radical (unpaired) electrons. The van der Waals surface area contributed by atoms with Gasteiger partial charge in [-0.15, -0.1) is 0 Å². The van der Waals surface area contributed by atoms with Crippen LogP contribution in [0.1, 0.15) is 12.0 Å². The second-order valence-corrected chi connectivity index (χ2v) is 6.16. The molecule has 0 atom stereocenters. The van der Waals surface area contributed by atoms with E-state index in [0.717, 1.165) is 16.9 Å². The number of nitrogens with one attached hydrogen (secondary N) is 1. The third-order valence-corrected chi connectivity index (χ3v) is 4.41. The van der Waals surface area contributed by atoms with Crippen molar-refractivity contribution in [3.05, 3.63) is 29.6 Å². The van der Waals surface area contributed by atoms with Gasteiger partial charge in [0, 0.05) is 11.0 Å². The molecule has 0 unspecified atom stereocenters. The summed E-state index contributed by atoms with van der Waals surface area (Å²) in [4.78, 5) is 0.0148. The molecule has 1 rings (SSSR count).